The van der Waals surface area contributed by atoms with Crippen LogP contribution in [-0.2, 0) is 0 Å². The maximum Gasteiger partial charge on any atom is 0.151 e. The van der Waals surface area contributed by atoms with Gasteiger partial charge in [-0.2, -0.15) is 0 Å². The summed E-state index contributed by atoms with van der Waals surface area (Å²) in [6.45, 7) is 6.80. The summed E-state index contributed by atoms with van der Waals surface area (Å²) in [7, 11) is 2.22. The molecule has 0 saturated carbocycles. The summed E-state index contributed by atoms with van der Waals surface area (Å²) in [5, 5.41) is 9.01. The van der Waals surface area contributed by atoms with E-state index < -0.39 is 0 Å². The van der Waals surface area contributed by atoms with Crippen LogP contribution >= 0.6 is 0 Å². The molecule has 0 spiro atoms. The van der Waals surface area contributed by atoms with Gasteiger partial charge in [0.15, 0.2) is 5.82 Å². The summed E-state index contributed by atoms with van der Waals surface area (Å²) in [5.74, 6) is 2.62. The van der Waals surface area contributed by atoms with Crippen LogP contribution in [-0.4, -0.2) is 48.3 Å². The van der Waals surface area contributed by atoms with Crippen LogP contribution < -0.4 is 4.90 Å². The minimum Gasteiger partial charge on any atom is -0.354 e. The highest BCUT2D eigenvalue weighted by atomic mass is 15.3. The van der Waals surface area contributed by atoms with Crippen molar-refractivity contribution >= 4 is 5.82 Å². The van der Waals surface area contributed by atoms with Crippen LogP contribution in [0.3, 0.4) is 0 Å². The molecule has 114 valence electrons. The first-order chi connectivity index (χ1) is 10.7. The lowest BCUT2D eigenvalue weighted by atomic mass is 10.0. The highest BCUT2D eigenvalue weighted by Crippen LogP contribution is 2.33. The number of hydrogen-bond acceptors (Lipinski definition) is 4. The first-order valence-corrected chi connectivity index (χ1v) is 8.04. The van der Waals surface area contributed by atoms with E-state index in [9.17, 15) is 0 Å². The Morgan fingerprint density at radius 3 is 2.27 bits per heavy atom. The molecule has 2 aromatic rings. The summed E-state index contributed by atoms with van der Waals surface area (Å²) < 4.78 is 0. The molecule has 1 aromatic carbocycles. The summed E-state index contributed by atoms with van der Waals surface area (Å²) in [6.07, 6.45) is 0. The van der Waals surface area contributed by atoms with Crippen molar-refractivity contribution in [1.29, 1.82) is 0 Å². The van der Waals surface area contributed by atoms with Crippen molar-refractivity contribution in [3.05, 3.63) is 42.0 Å². The van der Waals surface area contributed by atoms with E-state index in [1.807, 2.05) is 18.2 Å². The summed E-state index contributed by atoms with van der Waals surface area (Å²) in [5.41, 5.74) is 3.33. The van der Waals surface area contributed by atoms with Gasteiger partial charge in [-0.25, -0.2) is 0 Å². The Bertz CT molecular complexity index is 656. The molecule has 4 heteroatoms. The zero-order valence-corrected chi connectivity index (χ0v) is 13.2. The monoisotopic (exact) mass is 294 g/mol. The van der Waals surface area contributed by atoms with E-state index in [4.69, 9.17) is 0 Å². The van der Waals surface area contributed by atoms with Crippen LogP contribution in [0.15, 0.2) is 36.4 Å². The number of anilines is 1. The molecule has 2 atom stereocenters. The van der Waals surface area contributed by atoms with Crippen molar-refractivity contribution < 1.29 is 0 Å². The number of fused-ring (bicyclic) bond motifs is 1. The molecule has 2 aliphatic rings. The van der Waals surface area contributed by atoms with Crippen molar-refractivity contribution in [2.45, 2.75) is 6.92 Å². The lowest BCUT2D eigenvalue weighted by molar-refractivity contribution is 0.386. The average molecular weight is 294 g/mol. The third kappa shape index (κ3) is 2.37. The number of aryl methyl sites for hydroxylation is 1. The molecule has 2 saturated heterocycles. The van der Waals surface area contributed by atoms with Gasteiger partial charge in [0.1, 0.15) is 0 Å². The van der Waals surface area contributed by atoms with Crippen molar-refractivity contribution in [1.82, 2.24) is 15.1 Å². The SMILES string of the molecule is Cc1cc(N2CC3CN(C)CC3C2)nnc1-c1ccccc1. The van der Waals surface area contributed by atoms with Gasteiger partial charge in [0.25, 0.3) is 0 Å². The largest absolute Gasteiger partial charge is 0.354 e. The van der Waals surface area contributed by atoms with Crippen molar-refractivity contribution in [2.24, 2.45) is 11.8 Å². The molecule has 0 radical (unpaired) electrons. The predicted octanol–water partition coefficient (Wildman–Crippen LogP) is 2.45. The number of hydrogen-bond donors (Lipinski definition) is 0. The lowest BCUT2D eigenvalue weighted by Gasteiger charge is -2.20. The zero-order chi connectivity index (χ0) is 15.1. The lowest BCUT2D eigenvalue weighted by Crippen LogP contribution is -2.27. The Morgan fingerprint density at radius 2 is 1.64 bits per heavy atom. The molecule has 0 amide bonds. The Morgan fingerprint density at radius 1 is 0.955 bits per heavy atom. The van der Waals surface area contributed by atoms with Gasteiger partial charge in [-0.15, -0.1) is 10.2 Å². The zero-order valence-electron chi connectivity index (χ0n) is 13.2. The molecule has 2 unspecified atom stereocenters. The molecule has 1 aromatic heterocycles. The van der Waals surface area contributed by atoms with E-state index in [0.29, 0.717) is 0 Å². The van der Waals surface area contributed by atoms with Crippen LogP contribution in [0, 0.1) is 18.8 Å². The molecule has 3 heterocycles. The number of aromatic nitrogens is 2. The van der Waals surface area contributed by atoms with Crippen molar-refractivity contribution in [3.63, 3.8) is 0 Å². The van der Waals surface area contributed by atoms with E-state index in [1.165, 1.54) is 18.7 Å². The molecule has 2 fully saturated rings. The molecular formula is C18H22N4. The van der Waals surface area contributed by atoms with E-state index in [-0.39, 0.29) is 0 Å². The molecule has 0 N–H and O–H groups in total. The second-order valence-corrected chi connectivity index (χ2v) is 6.75. The fraction of sp³-hybridized carbons (Fsp3) is 0.444. The van der Waals surface area contributed by atoms with Crippen LogP contribution in [0.25, 0.3) is 11.3 Å². The molecule has 22 heavy (non-hydrogen) atoms. The van der Waals surface area contributed by atoms with Gasteiger partial charge in [0.05, 0.1) is 5.69 Å². The number of nitrogens with zero attached hydrogens (tertiary/aromatic N) is 4. The van der Waals surface area contributed by atoms with Crippen LogP contribution in [0.4, 0.5) is 5.82 Å². The van der Waals surface area contributed by atoms with Gasteiger partial charge in [-0.1, -0.05) is 30.3 Å². The van der Waals surface area contributed by atoms with Gasteiger partial charge in [0, 0.05) is 31.7 Å². The van der Waals surface area contributed by atoms with Crippen molar-refractivity contribution in [2.75, 3.05) is 38.1 Å². The molecule has 2 aliphatic heterocycles. The number of rotatable bonds is 2. The first kappa shape index (κ1) is 13.7. The van der Waals surface area contributed by atoms with E-state index in [0.717, 1.165) is 42.0 Å². The minimum absolute atomic E-state index is 0.793. The van der Waals surface area contributed by atoms with E-state index in [2.05, 4.69) is 52.2 Å². The molecule has 0 bridgehead atoms. The summed E-state index contributed by atoms with van der Waals surface area (Å²) >= 11 is 0. The Hall–Kier alpha value is -1.94. The second-order valence-electron chi connectivity index (χ2n) is 6.75. The minimum atomic E-state index is 0.793. The maximum absolute atomic E-state index is 4.51. The first-order valence-electron chi connectivity index (χ1n) is 8.04. The molecule has 4 rings (SSSR count). The Kier molecular flexibility index (Phi) is 3.34. The van der Waals surface area contributed by atoms with E-state index in [1.54, 1.807) is 0 Å². The summed E-state index contributed by atoms with van der Waals surface area (Å²) in [4.78, 5) is 4.86. The van der Waals surface area contributed by atoms with Crippen LogP contribution in [0.1, 0.15) is 5.56 Å². The highest BCUT2D eigenvalue weighted by Gasteiger charge is 2.39. The van der Waals surface area contributed by atoms with Gasteiger partial charge in [-0.3, -0.25) is 0 Å². The quantitative estimate of drug-likeness (QED) is 0.851. The third-order valence-electron chi connectivity index (χ3n) is 5.01. The third-order valence-corrected chi connectivity index (χ3v) is 5.01. The molecule has 0 aliphatic carbocycles. The predicted molar refractivity (Wildman–Crippen MR) is 88.9 cm³/mol. The Labute approximate surface area is 131 Å². The van der Waals surface area contributed by atoms with E-state index >= 15 is 0 Å². The fourth-order valence-electron chi connectivity index (χ4n) is 3.92. The number of likely N-dealkylation sites (tertiary alicyclic amines) is 1. The van der Waals surface area contributed by atoms with Crippen LogP contribution in [0.2, 0.25) is 0 Å². The smallest absolute Gasteiger partial charge is 0.151 e. The van der Waals surface area contributed by atoms with Crippen molar-refractivity contribution in [3.8, 4) is 11.3 Å². The van der Waals surface area contributed by atoms with Gasteiger partial charge >= 0.3 is 0 Å². The standard InChI is InChI=1S/C18H22N4/c1-13-8-17(19-20-18(13)14-6-4-3-5-7-14)22-11-15-9-21(2)10-16(15)12-22/h3-8,15-16H,9-12H2,1-2H3. The summed E-state index contributed by atoms with van der Waals surface area (Å²) in [6, 6.07) is 12.5. The van der Waals surface area contributed by atoms with Crippen LogP contribution in [0.5, 0.6) is 0 Å². The fourth-order valence-corrected chi connectivity index (χ4v) is 3.92. The van der Waals surface area contributed by atoms with Gasteiger partial charge in [0.2, 0.25) is 0 Å². The normalized spacial score (nSPS) is 24.7. The van der Waals surface area contributed by atoms with Gasteiger partial charge < -0.3 is 9.80 Å². The Balaban J connectivity index is 1.56. The average Bonchev–Trinajstić information content (AvgIpc) is 3.05. The maximum atomic E-state index is 4.51. The highest BCUT2D eigenvalue weighted by molar-refractivity contribution is 5.63. The second kappa shape index (κ2) is 5.36. The molecule has 4 nitrogen and oxygen atoms in total. The van der Waals surface area contributed by atoms with Gasteiger partial charge in [-0.05, 0) is 37.4 Å². The molecular weight excluding hydrogens is 272 g/mol. The topological polar surface area (TPSA) is 32.3 Å². The number of benzene rings is 1.